The minimum Gasteiger partial charge on any atom is -0.497 e. The van der Waals surface area contributed by atoms with Crippen LogP contribution in [0.2, 0.25) is 0 Å². The van der Waals surface area contributed by atoms with E-state index in [1.807, 2.05) is 29.2 Å². The van der Waals surface area contributed by atoms with Gasteiger partial charge in [-0.3, -0.25) is 4.79 Å². The average molecular weight is 351 g/mol. The maximum atomic E-state index is 12.6. The van der Waals surface area contributed by atoms with Crippen LogP contribution in [0.5, 0.6) is 5.75 Å². The molecule has 2 aromatic carbocycles. The molecule has 0 spiro atoms. The molecule has 1 heterocycles. The highest BCUT2D eigenvalue weighted by Crippen LogP contribution is 2.22. The van der Waals surface area contributed by atoms with E-state index in [4.69, 9.17) is 14.8 Å². The van der Waals surface area contributed by atoms with Gasteiger partial charge >= 0.3 is 7.12 Å². The second kappa shape index (κ2) is 8.21. The number of methoxy groups -OCH3 is 1. The molecule has 0 radical (unpaired) electrons. The molecular formula is C20H22BNO4. The highest BCUT2D eigenvalue weighted by molar-refractivity contribution is 6.58. The van der Waals surface area contributed by atoms with Crippen LogP contribution in [-0.2, 0) is 0 Å². The van der Waals surface area contributed by atoms with Gasteiger partial charge in [0.2, 0.25) is 0 Å². The number of benzene rings is 2. The van der Waals surface area contributed by atoms with Gasteiger partial charge in [0.1, 0.15) is 5.75 Å². The normalized spacial score (nSPS) is 14.1. The van der Waals surface area contributed by atoms with Gasteiger partial charge in [-0.15, -0.1) is 0 Å². The summed E-state index contributed by atoms with van der Waals surface area (Å²) in [7, 11) is 0.142. The summed E-state index contributed by atoms with van der Waals surface area (Å²) in [6.07, 6.45) is 3.86. The van der Waals surface area contributed by atoms with Gasteiger partial charge in [-0.05, 0) is 48.1 Å². The largest absolute Gasteiger partial charge is 0.497 e. The summed E-state index contributed by atoms with van der Waals surface area (Å²) >= 11 is 0. The first-order valence-electron chi connectivity index (χ1n) is 8.65. The van der Waals surface area contributed by atoms with E-state index in [1.54, 1.807) is 31.4 Å². The fraction of sp³-hybridized carbons (Fsp3) is 0.250. The summed E-state index contributed by atoms with van der Waals surface area (Å²) in [6.45, 7) is 1.36. The number of nitrogens with zero attached hydrogens (tertiary/aromatic N) is 1. The van der Waals surface area contributed by atoms with Crippen LogP contribution in [0.4, 0.5) is 0 Å². The summed E-state index contributed by atoms with van der Waals surface area (Å²) in [5.74, 6) is 0.813. The third-order valence-corrected chi connectivity index (χ3v) is 4.61. The Morgan fingerprint density at radius 3 is 2.42 bits per heavy atom. The van der Waals surface area contributed by atoms with Crippen LogP contribution in [0.1, 0.15) is 28.8 Å². The number of piperidine rings is 1. The van der Waals surface area contributed by atoms with E-state index in [-0.39, 0.29) is 5.91 Å². The van der Waals surface area contributed by atoms with Crippen molar-refractivity contribution in [2.45, 2.75) is 12.8 Å². The molecule has 0 saturated carbocycles. The summed E-state index contributed by atoms with van der Waals surface area (Å²) in [5.41, 5.74) is 3.37. The number of hydrogen-bond acceptors (Lipinski definition) is 4. The molecule has 0 unspecified atom stereocenters. The Bertz CT molecular complexity index is 792. The molecule has 1 fully saturated rings. The fourth-order valence-electron chi connectivity index (χ4n) is 3.09. The first-order valence-corrected chi connectivity index (χ1v) is 8.65. The van der Waals surface area contributed by atoms with Crippen LogP contribution in [0.3, 0.4) is 0 Å². The first-order chi connectivity index (χ1) is 12.6. The lowest BCUT2D eigenvalue weighted by Crippen LogP contribution is -2.36. The molecule has 3 rings (SSSR count). The minimum atomic E-state index is -1.52. The highest BCUT2D eigenvalue weighted by Gasteiger charge is 2.21. The number of likely N-dealkylation sites (tertiary alicyclic amines) is 1. The van der Waals surface area contributed by atoms with Gasteiger partial charge < -0.3 is 19.7 Å². The Morgan fingerprint density at radius 2 is 1.81 bits per heavy atom. The smallest absolute Gasteiger partial charge is 0.488 e. The molecule has 0 atom stereocenters. The molecule has 0 bridgehead atoms. The number of hydrogen-bond donors (Lipinski definition) is 2. The molecule has 5 nitrogen and oxygen atoms in total. The van der Waals surface area contributed by atoms with Crippen molar-refractivity contribution in [3.8, 4) is 5.75 Å². The van der Waals surface area contributed by atoms with Crippen molar-refractivity contribution in [3.63, 3.8) is 0 Å². The minimum absolute atomic E-state index is 0.0237. The van der Waals surface area contributed by atoms with Gasteiger partial charge in [-0.1, -0.05) is 35.9 Å². The van der Waals surface area contributed by atoms with Gasteiger partial charge in [-0.25, -0.2) is 0 Å². The van der Waals surface area contributed by atoms with Crippen molar-refractivity contribution >= 4 is 24.6 Å². The Hall–Kier alpha value is -2.57. The van der Waals surface area contributed by atoms with Gasteiger partial charge in [0.25, 0.3) is 5.91 Å². The zero-order chi connectivity index (χ0) is 18.5. The molecule has 1 aliphatic rings. The summed E-state index contributed by atoms with van der Waals surface area (Å²) in [4.78, 5) is 14.4. The number of carbonyl (C=O) groups excluding carboxylic acids is 1. The predicted octanol–water partition coefficient (Wildman–Crippen LogP) is 1.69. The van der Waals surface area contributed by atoms with Gasteiger partial charge in [-0.2, -0.15) is 0 Å². The fourth-order valence-corrected chi connectivity index (χ4v) is 3.09. The van der Waals surface area contributed by atoms with E-state index in [0.717, 1.165) is 24.2 Å². The molecular weight excluding hydrogens is 329 g/mol. The summed E-state index contributed by atoms with van der Waals surface area (Å²) in [5, 5.41) is 18.3. The standard InChI is InChI=1S/C20H22BNO4/c1-26-19-4-2-3-16(14-19)13-15-9-11-22(12-10-15)20(23)17-5-7-18(8-6-17)21(24)25/h2-8,13-14,24-25H,9-12H2,1H3. The lowest BCUT2D eigenvalue weighted by Gasteiger charge is -2.28. The van der Waals surface area contributed by atoms with Crippen LogP contribution in [0.15, 0.2) is 54.1 Å². The van der Waals surface area contributed by atoms with Crippen molar-refractivity contribution < 1.29 is 19.6 Å². The summed E-state index contributed by atoms with van der Waals surface area (Å²) in [6, 6.07) is 14.3. The molecule has 1 amide bonds. The van der Waals surface area contributed by atoms with Gasteiger partial charge in [0.05, 0.1) is 7.11 Å². The van der Waals surface area contributed by atoms with E-state index >= 15 is 0 Å². The lowest BCUT2D eigenvalue weighted by molar-refractivity contribution is 0.0744. The summed E-state index contributed by atoms with van der Waals surface area (Å²) < 4.78 is 5.25. The molecule has 2 N–H and O–H groups in total. The van der Waals surface area contributed by atoms with Crippen molar-refractivity contribution in [2.24, 2.45) is 0 Å². The average Bonchev–Trinajstić information content (AvgIpc) is 2.68. The lowest BCUT2D eigenvalue weighted by atomic mass is 9.80. The van der Waals surface area contributed by atoms with Crippen LogP contribution in [0, 0.1) is 0 Å². The molecule has 0 aromatic heterocycles. The van der Waals surface area contributed by atoms with Crippen LogP contribution < -0.4 is 10.2 Å². The monoisotopic (exact) mass is 351 g/mol. The Morgan fingerprint density at radius 1 is 1.12 bits per heavy atom. The van der Waals surface area contributed by atoms with Crippen LogP contribution in [-0.4, -0.2) is 48.2 Å². The molecule has 1 saturated heterocycles. The maximum absolute atomic E-state index is 12.6. The topological polar surface area (TPSA) is 70.0 Å². The number of ether oxygens (including phenoxy) is 1. The molecule has 0 aliphatic carbocycles. The molecule has 1 aliphatic heterocycles. The third-order valence-electron chi connectivity index (χ3n) is 4.61. The quantitative estimate of drug-likeness (QED) is 0.823. The third kappa shape index (κ3) is 4.34. The zero-order valence-electron chi connectivity index (χ0n) is 14.8. The first kappa shape index (κ1) is 18.2. The SMILES string of the molecule is COc1cccc(C=C2CCN(C(=O)c3ccc(B(O)O)cc3)CC2)c1. The molecule has 26 heavy (non-hydrogen) atoms. The number of amides is 1. The maximum Gasteiger partial charge on any atom is 0.488 e. The van der Waals surface area contributed by atoms with Crippen molar-refractivity contribution in [1.82, 2.24) is 4.90 Å². The Kier molecular flexibility index (Phi) is 5.76. The number of rotatable bonds is 4. The van der Waals surface area contributed by atoms with Gasteiger partial charge in [0, 0.05) is 18.7 Å². The Labute approximate surface area is 153 Å². The van der Waals surface area contributed by atoms with Crippen LogP contribution >= 0.6 is 0 Å². The van der Waals surface area contributed by atoms with Crippen LogP contribution in [0.25, 0.3) is 6.08 Å². The highest BCUT2D eigenvalue weighted by atomic mass is 16.5. The van der Waals surface area contributed by atoms with E-state index in [1.165, 1.54) is 5.57 Å². The Balaban J connectivity index is 1.62. The van der Waals surface area contributed by atoms with Gasteiger partial charge in [0.15, 0.2) is 0 Å². The van der Waals surface area contributed by atoms with E-state index < -0.39 is 7.12 Å². The van der Waals surface area contributed by atoms with Crippen molar-refractivity contribution in [2.75, 3.05) is 20.2 Å². The molecule has 2 aromatic rings. The molecule has 6 heteroatoms. The number of carbonyl (C=O) groups is 1. The van der Waals surface area contributed by atoms with E-state index in [9.17, 15) is 4.79 Å². The van der Waals surface area contributed by atoms with Crippen molar-refractivity contribution in [3.05, 3.63) is 65.2 Å². The second-order valence-corrected chi connectivity index (χ2v) is 6.37. The van der Waals surface area contributed by atoms with E-state index in [0.29, 0.717) is 24.1 Å². The second-order valence-electron chi connectivity index (χ2n) is 6.37. The van der Waals surface area contributed by atoms with E-state index in [2.05, 4.69) is 6.08 Å². The van der Waals surface area contributed by atoms with Crippen molar-refractivity contribution in [1.29, 1.82) is 0 Å². The zero-order valence-corrected chi connectivity index (χ0v) is 14.8. The predicted molar refractivity (Wildman–Crippen MR) is 102 cm³/mol. The molecule has 134 valence electrons.